The lowest BCUT2D eigenvalue weighted by Gasteiger charge is -2.53. The molecule has 0 aromatic rings. The lowest BCUT2D eigenvalue weighted by molar-refractivity contribution is -0.154. The fraction of sp³-hybridized carbons (Fsp3) is 0.533. The maximum Gasteiger partial charge on any atom is 0.318 e. The third-order valence-electron chi connectivity index (χ3n) is 5.07. The van der Waals surface area contributed by atoms with E-state index in [1.54, 1.807) is 0 Å². The van der Waals surface area contributed by atoms with E-state index < -0.39 is 5.97 Å². The highest BCUT2D eigenvalue weighted by Gasteiger charge is 2.63. The molecule has 0 unspecified atom stereocenters. The average Bonchev–Trinajstić information content (AvgIpc) is 2.66. The molecule has 1 aliphatic heterocycles. The molecule has 1 saturated carbocycles. The zero-order valence-corrected chi connectivity index (χ0v) is 10.9. The minimum absolute atomic E-state index is 0.00417. The van der Waals surface area contributed by atoms with Crippen molar-refractivity contribution in [3.8, 4) is 0 Å². The van der Waals surface area contributed by atoms with Gasteiger partial charge in [0.1, 0.15) is 6.61 Å². The molecule has 2 bridgehead atoms. The van der Waals surface area contributed by atoms with Crippen LogP contribution in [-0.4, -0.2) is 24.5 Å². The van der Waals surface area contributed by atoms with Crippen molar-refractivity contribution in [3.05, 3.63) is 23.8 Å². The number of carbonyl (C=O) groups is 3. The van der Waals surface area contributed by atoms with E-state index in [0.717, 1.165) is 5.57 Å². The first-order valence-electron chi connectivity index (χ1n) is 6.86. The Morgan fingerprint density at radius 1 is 1.10 bits per heavy atom. The number of esters is 3. The number of cyclic esters (lactones) is 2. The van der Waals surface area contributed by atoms with E-state index in [2.05, 4.69) is 6.08 Å². The van der Waals surface area contributed by atoms with Crippen LogP contribution in [0.15, 0.2) is 23.8 Å². The number of hydrogen-bond donors (Lipinski definition) is 0. The Hall–Kier alpha value is -1.91. The second-order valence-electron chi connectivity index (χ2n) is 5.96. The van der Waals surface area contributed by atoms with Gasteiger partial charge in [0, 0.05) is 6.92 Å². The van der Waals surface area contributed by atoms with Crippen molar-refractivity contribution in [2.45, 2.75) is 6.92 Å². The maximum atomic E-state index is 11.9. The Morgan fingerprint density at radius 3 is 2.45 bits per heavy atom. The summed E-state index contributed by atoms with van der Waals surface area (Å²) < 4.78 is 9.87. The molecule has 5 aliphatic rings. The standard InChI is InChI=1S/C15H14O5/c1-6(16)19-5-7-4-10-8-2-3-9(11(7)10)13-12(8)14(17)20-15(13)18/h2-4,8-13H,5H2,1H3/t8-,9-,10+,11+,12+,13+/m0/s1. The largest absolute Gasteiger partial charge is 0.461 e. The highest BCUT2D eigenvalue weighted by Crippen LogP contribution is 2.60. The van der Waals surface area contributed by atoms with Gasteiger partial charge in [0.15, 0.2) is 0 Å². The molecular weight excluding hydrogens is 260 g/mol. The van der Waals surface area contributed by atoms with Crippen LogP contribution in [-0.2, 0) is 23.9 Å². The quantitative estimate of drug-likeness (QED) is 0.424. The number of hydrogen-bond acceptors (Lipinski definition) is 5. The van der Waals surface area contributed by atoms with E-state index >= 15 is 0 Å². The molecule has 2 fully saturated rings. The van der Waals surface area contributed by atoms with Gasteiger partial charge in [-0.15, -0.1) is 0 Å². The van der Waals surface area contributed by atoms with Gasteiger partial charge in [0.05, 0.1) is 11.8 Å². The molecule has 20 heavy (non-hydrogen) atoms. The fourth-order valence-electron chi connectivity index (χ4n) is 4.30. The molecule has 4 aliphatic carbocycles. The van der Waals surface area contributed by atoms with Crippen molar-refractivity contribution in [1.82, 2.24) is 0 Å². The minimum Gasteiger partial charge on any atom is -0.461 e. The molecule has 5 nitrogen and oxygen atoms in total. The third kappa shape index (κ3) is 1.35. The Morgan fingerprint density at radius 2 is 1.75 bits per heavy atom. The molecular formula is C15H14O5. The first kappa shape index (κ1) is 11.9. The SMILES string of the molecule is CC(=O)OCC1=C[C@@H]2[C@@H]3C=C[C@@H]([C@@H]12)[C@H]1C(=O)OC(=O)[C@H]31. The molecule has 0 spiro atoms. The van der Waals surface area contributed by atoms with Crippen LogP contribution in [0, 0.1) is 35.5 Å². The second-order valence-corrected chi connectivity index (χ2v) is 5.96. The molecule has 0 aromatic carbocycles. The van der Waals surface area contributed by atoms with Gasteiger partial charge in [0.25, 0.3) is 0 Å². The number of rotatable bonds is 2. The van der Waals surface area contributed by atoms with Gasteiger partial charge in [0.2, 0.25) is 0 Å². The van der Waals surface area contributed by atoms with Crippen molar-refractivity contribution in [2.75, 3.05) is 6.61 Å². The van der Waals surface area contributed by atoms with Gasteiger partial charge in [-0.25, -0.2) is 0 Å². The van der Waals surface area contributed by atoms with Gasteiger partial charge >= 0.3 is 17.9 Å². The van der Waals surface area contributed by atoms with E-state index in [9.17, 15) is 14.4 Å². The van der Waals surface area contributed by atoms with Crippen molar-refractivity contribution in [1.29, 1.82) is 0 Å². The molecule has 0 N–H and O–H groups in total. The molecule has 1 heterocycles. The van der Waals surface area contributed by atoms with Crippen molar-refractivity contribution >= 4 is 17.9 Å². The van der Waals surface area contributed by atoms with E-state index in [1.165, 1.54) is 6.92 Å². The van der Waals surface area contributed by atoms with Crippen LogP contribution in [0.2, 0.25) is 0 Å². The molecule has 1 saturated heterocycles. The van der Waals surface area contributed by atoms with Gasteiger partial charge in [-0.3, -0.25) is 14.4 Å². The van der Waals surface area contributed by atoms with Crippen molar-refractivity contribution < 1.29 is 23.9 Å². The van der Waals surface area contributed by atoms with Gasteiger partial charge in [-0.05, 0) is 29.2 Å². The van der Waals surface area contributed by atoms with Crippen LogP contribution in [0.5, 0.6) is 0 Å². The van der Waals surface area contributed by atoms with Crippen LogP contribution in [0.25, 0.3) is 0 Å². The topological polar surface area (TPSA) is 69.7 Å². The Kier molecular flexibility index (Phi) is 2.26. The lowest BCUT2D eigenvalue weighted by Crippen LogP contribution is -2.53. The Labute approximate surface area is 115 Å². The predicted molar refractivity (Wildman–Crippen MR) is 65.9 cm³/mol. The summed E-state index contributed by atoms with van der Waals surface area (Å²) in [6, 6.07) is 0. The molecule has 6 atom stereocenters. The monoisotopic (exact) mass is 274 g/mol. The summed E-state index contributed by atoms with van der Waals surface area (Å²) in [5.74, 6) is -1.20. The van der Waals surface area contributed by atoms with Crippen molar-refractivity contribution in [2.24, 2.45) is 35.5 Å². The van der Waals surface area contributed by atoms with Crippen LogP contribution < -0.4 is 0 Å². The normalized spacial score (nSPS) is 43.4. The summed E-state index contributed by atoms with van der Waals surface area (Å²) >= 11 is 0. The van der Waals surface area contributed by atoms with Gasteiger partial charge < -0.3 is 9.47 Å². The molecule has 0 aromatic heterocycles. The first-order valence-corrected chi connectivity index (χ1v) is 6.86. The second kappa shape index (κ2) is 3.81. The third-order valence-corrected chi connectivity index (χ3v) is 5.07. The van der Waals surface area contributed by atoms with Crippen molar-refractivity contribution in [3.63, 3.8) is 0 Å². The maximum absolute atomic E-state index is 11.9. The van der Waals surface area contributed by atoms with Crippen LogP contribution in [0.3, 0.4) is 0 Å². The van der Waals surface area contributed by atoms with E-state index in [-0.39, 0.29) is 54.1 Å². The summed E-state index contributed by atoms with van der Waals surface area (Å²) in [6.45, 7) is 1.67. The smallest absolute Gasteiger partial charge is 0.318 e. The average molecular weight is 274 g/mol. The summed E-state index contributed by atoms with van der Waals surface area (Å²) in [4.78, 5) is 34.6. The summed E-state index contributed by atoms with van der Waals surface area (Å²) in [7, 11) is 0. The Bertz CT molecular complexity index is 587. The Balaban J connectivity index is 1.63. The molecule has 0 radical (unpaired) electrons. The van der Waals surface area contributed by atoms with E-state index in [4.69, 9.17) is 9.47 Å². The molecule has 5 rings (SSSR count). The molecule has 0 amide bonds. The zero-order chi connectivity index (χ0) is 14.0. The van der Waals surface area contributed by atoms with E-state index in [0.29, 0.717) is 0 Å². The summed E-state index contributed by atoms with van der Waals surface area (Å²) in [5.41, 5.74) is 1.06. The number of carbonyl (C=O) groups excluding carboxylic acids is 3. The molecule has 104 valence electrons. The number of allylic oxidation sites excluding steroid dienone is 3. The summed E-state index contributed by atoms with van der Waals surface area (Å²) in [6.07, 6.45) is 6.17. The van der Waals surface area contributed by atoms with Crippen LogP contribution in [0.4, 0.5) is 0 Å². The minimum atomic E-state index is -0.392. The highest BCUT2D eigenvalue weighted by atomic mass is 16.6. The van der Waals surface area contributed by atoms with Gasteiger partial charge in [-0.1, -0.05) is 18.2 Å². The zero-order valence-electron chi connectivity index (χ0n) is 10.9. The predicted octanol–water partition coefficient (Wildman–Crippen LogP) is 0.853. The van der Waals surface area contributed by atoms with Crippen LogP contribution >= 0.6 is 0 Å². The fourth-order valence-corrected chi connectivity index (χ4v) is 4.30. The van der Waals surface area contributed by atoms with E-state index in [1.807, 2.05) is 12.2 Å². The lowest BCUT2D eigenvalue weighted by atomic mass is 9.48. The highest BCUT2D eigenvalue weighted by molar-refractivity contribution is 5.98. The van der Waals surface area contributed by atoms with Gasteiger partial charge in [-0.2, -0.15) is 0 Å². The first-order chi connectivity index (χ1) is 9.58. The van der Waals surface area contributed by atoms with Crippen LogP contribution in [0.1, 0.15) is 6.92 Å². The summed E-state index contributed by atoms with van der Waals surface area (Å²) in [5, 5.41) is 0. The molecule has 5 heteroatoms. The number of ether oxygens (including phenoxy) is 2.